The van der Waals surface area contributed by atoms with Crippen LogP contribution >= 0.6 is 15.9 Å². The van der Waals surface area contributed by atoms with E-state index in [-0.39, 0.29) is 6.10 Å². The van der Waals surface area contributed by atoms with E-state index in [0.29, 0.717) is 4.73 Å². The lowest BCUT2D eigenvalue weighted by atomic mass is 10.2. The van der Waals surface area contributed by atoms with Crippen LogP contribution in [0.25, 0.3) is 5.65 Å². The van der Waals surface area contributed by atoms with Gasteiger partial charge >= 0.3 is 0 Å². The highest BCUT2D eigenvalue weighted by Gasteiger charge is 2.17. The van der Waals surface area contributed by atoms with Gasteiger partial charge in [-0.05, 0) is 35.0 Å². The van der Waals surface area contributed by atoms with Gasteiger partial charge in [0.15, 0.2) is 5.65 Å². The lowest BCUT2D eigenvalue weighted by molar-refractivity contribution is 0.0532. The second kappa shape index (κ2) is 4.27. The summed E-state index contributed by atoms with van der Waals surface area (Å²) in [5, 5.41) is 4.25. The molecule has 1 aliphatic rings. The van der Waals surface area contributed by atoms with Crippen molar-refractivity contribution >= 4 is 27.3 Å². The second-order valence-corrected chi connectivity index (χ2v) is 4.91. The first-order valence-corrected chi connectivity index (χ1v) is 6.40. The summed E-state index contributed by atoms with van der Waals surface area (Å²) in [5.74, 6) is 0. The Morgan fingerprint density at radius 3 is 3.18 bits per heavy atom. The lowest BCUT2D eigenvalue weighted by Gasteiger charge is -2.32. The maximum absolute atomic E-state index is 5.54. The highest BCUT2D eigenvalue weighted by Crippen LogP contribution is 2.18. The number of morpholine rings is 1. The van der Waals surface area contributed by atoms with Crippen molar-refractivity contribution in [2.75, 3.05) is 24.6 Å². The number of pyridine rings is 1. The van der Waals surface area contributed by atoms with Crippen LogP contribution in [0.15, 0.2) is 23.1 Å². The molecule has 2 aromatic rings. The third kappa shape index (κ3) is 2.14. The molecule has 6 heteroatoms. The third-order valence-corrected chi connectivity index (χ3v) is 3.23. The first-order chi connectivity index (χ1) is 8.22. The van der Waals surface area contributed by atoms with Gasteiger partial charge < -0.3 is 9.64 Å². The molecule has 0 amide bonds. The van der Waals surface area contributed by atoms with Crippen LogP contribution in [0.1, 0.15) is 6.92 Å². The van der Waals surface area contributed by atoms with E-state index in [1.165, 1.54) is 0 Å². The zero-order valence-corrected chi connectivity index (χ0v) is 11.1. The van der Waals surface area contributed by atoms with Gasteiger partial charge in [-0.3, -0.25) is 0 Å². The molecule has 1 saturated heterocycles. The number of rotatable bonds is 1. The molecular formula is C11H13BrN4O. The molecule has 1 aliphatic heterocycles. The van der Waals surface area contributed by atoms with E-state index < -0.39 is 0 Å². The number of aromatic nitrogens is 3. The fourth-order valence-corrected chi connectivity index (χ4v) is 2.44. The van der Waals surface area contributed by atoms with E-state index in [4.69, 9.17) is 4.74 Å². The van der Waals surface area contributed by atoms with Crippen molar-refractivity contribution in [3.05, 3.63) is 23.1 Å². The summed E-state index contributed by atoms with van der Waals surface area (Å²) in [6.45, 7) is 4.71. The van der Waals surface area contributed by atoms with E-state index >= 15 is 0 Å². The Bertz CT molecular complexity index is 541. The molecule has 0 N–H and O–H groups in total. The lowest BCUT2D eigenvalue weighted by Crippen LogP contribution is -2.41. The molecule has 2 aromatic heterocycles. The topological polar surface area (TPSA) is 42.7 Å². The Morgan fingerprint density at radius 2 is 2.35 bits per heavy atom. The van der Waals surface area contributed by atoms with Gasteiger partial charge in [-0.1, -0.05) is 0 Å². The molecule has 1 atom stereocenters. The van der Waals surface area contributed by atoms with Gasteiger partial charge in [0, 0.05) is 13.1 Å². The molecule has 0 unspecified atom stereocenters. The minimum absolute atomic E-state index is 0.280. The maximum Gasteiger partial charge on any atom is 0.218 e. The molecule has 0 aliphatic carbocycles. The average molecular weight is 297 g/mol. The summed E-state index contributed by atoms with van der Waals surface area (Å²) >= 11 is 3.28. The molecule has 17 heavy (non-hydrogen) atoms. The van der Waals surface area contributed by atoms with Crippen molar-refractivity contribution < 1.29 is 4.74 Å². The van der Waals surface area contributed by atoms with Crippen LogP contribution in [-0.2, 0) is 4.74 Å². The number of halogens is 1. The minimum atomic E-state index is 0.280. The molecule has 3 heterocycles. The number of ether oxygens (including phenoxy) is 1. The standard InChI is InChI=1S/C11H13BrN4O/c1-8-6-15(4-5-17-8)9-2-3-10-13-11(12)14-16(10)7-9/h2-3,7-8H,4-6H2,1H3/t8-/m1/s1. The molecule has 0 bridgehead atoms. The number of nitrogens with zero attached hydrogens (tertiary/aromatic N) is 4. The van der Waals surface area contributed by atoms with E-state index in [1.807, 2.05) is 12.3 Å². The first kappa shape index (κ1) is 11.0. The second-order valence-electron chi connectivity index (χ2n) is 4.20. The van der Waals surface area contributed by atoms with E-state index in [0.717, 1.165) is 31.0 Å². The summed E-state index contributed by atoms with van der Waals surface area (Å²) in [6, 6.07) is 4.06. The summed E-state index contributed by atoms with van der Waals surface area (Å²) in [6.07, 6.45) is 2.28. The molecule has 90 valence electrons. The van der Waals surface area contributed by atoms with Gasteiger partial charge in [0.2, 0.25) is 4.73 Å². The fraction of sp³-hybridized carbons (Fsp3) is 0.455. The van der Waals surface area contributed by atoms with E-state index in [2.05, 4.69) is 43.9 Å². The Hall–Kier alpha value is -1.14. The normalized spacial score (nSPS) is 21.1. The Balaban J connectivity index is 1.94. The molecule has 0 radical (unpaired) electrons. The van der Waals surface area contributed by atoms with Gasteiger partial charge in [0.25, 0.3) is 0 Å². The van der Waals surface area contributed by atoms with Gasteiger partial charge in [-0.2, -0.15) is 0 Å². The zero-order valence-electron chi connectivity index (χ0n) is 9.51. The highest BCUT2D eigenvalue weighted by molar-refractivity contribution is 9.10. The van der Waals surface area contributed by atoms with Crippen LogP contribution in [0.3, 0.4) is 0 Å². The summed E-state index contributed by atoms with van der Waals surface area (Å²) in [7, 11) is 0. The predicted molar refractivity (Wildman–Crippen MR) is 68.3 cm³/mol. The molecule has 1 fully saturated rings. The molecule has 0 aromatic carbocycles. The number of hydrogen-bond acceptors (Lipinski definition) is 4. The van der Waals surface area contributed by atoms with Gasteiger partial charge in [0.1, 0.15) is 0 Å². The van der Waals surface area contributed by atoms with Crippen molar-refractivity contribution in [2.24, 2.45) is 0 Å². The summed E-state index contributed by atoms with van der Waals surface area (Å²) in [5.41, 5.74) is 2.01. The Morgan fingerprint density at radius 1 is 1.47 bits per heavy atom. The van der Waals surface area contributed by atoms with Crippen LogP contribution < -0.4 is 4.90 Å². The SMILES string of the molecule is C[C@@H]1CN(c2ccc3nc(Br)nn3c2)CCO1. The van der Waals surface area contributed by atoms with Crippen LogP contribution in [0.2, 0.25) is 0 Å². The molecule has 5 nitrogen and oxygen atoms in total. The van der Waals surface area contributed by atoms with Crippen molar-refractivity contribution in [3.8, 4) is 0 Å². The van der Waals surface area contributed by atoms with Gasteiger partial charge in [-0.15, -0.1) is 5.10 Å². The number of hydrogen-bond donors (Lipinski definition) is 0. The Kier molecular flexibility index (Phi) is 2.76. The molecule has 3 rings (SSSR count). The van der Waals surface area contributed by atoms with Crippen molar-refractivity contribution in [1.29, 1.82) is 0 Å². The fourth-order valence-electron chi connectivity index (χ4n) is 2.09. The van der Waals surface area contributed by atoms with E-state index in [1.54, 1.807) is 4.52 Å². The van der Waals surface area contributed by atoms with Crippen LogP contribution in [-0.4, -0.2) is 40.4 Å². The minimum Gasteiger partial charge on any atom is -0.375 e. The van der Waals surface area contributed by atoms with Gasteiger partial charge in [-0.25, -0.2) is 9.50 Å². The zero-order chi connectivity index (χ0) is 11.8. The smallest absolute Gasteiger partial charge is 0.218 e. The number of anilines is 1. The number of fused-ring (bicyclic) bond motifs is 1. The Labute approximate surface area is 108 Å². The first-order valence-electron chi connectivity index (χ1n) is 5.61. The largest absolute Gasteiger partial charge is 0.375 e. The highest BCUT2D eigenvalue weighted by atomic mass is 79.9. The maximum atomic E-state index is 5.54. The van der Waals surface area contributed by atoms with E-state index in [9.17, 15) is 0 Å². The molecule has 0 spiro atoms. The van der Waals surface area contributed by atoms with Crippen molar-refractivity contribution in [1.82, 2.24) is 14.6 Å². The van der Waals surface area contributed by atoms with Crippen LogP contribution in [0.5, 0.6) is 0 Å². The summed E-state index contributed by atoms with van der Waals surface area (Å²) < 4.78 is 7.94. The van der Waals surface area contributed by atoms with Crippen LogP contribution in [0, 0.1) is 0 Å². The van der Waals surface area contributed by atoms with Crippen LogP contribution in [0.4, 0.5) is 5.69 Å². The third-order valence-electron chi connectivity index (χ3n) is 2.90. The van der Waals surface area contributed by atoms with Gasteiger partial charge in [0.05, 0.1) is 24.6 Å². The van der Waals surface area contributed by atoms with Crippen molar-refractivity contribution in [2.45, 2.75) is 13.0 Å². The average Bonchev–Trinajstić information content (AvgIpc) is 2.68. The summed E-state index contributed by atoms with van der Waals surface area (Å²) in [4.78, 5) is 6.55. The predicted octanol–water partition coefficient (Wildman–Crippen LogP) is 1.72. The molecular weight excluding hydrogens is 284 g/mol. The molecule has 0 saturated carbocycles. The monoisotopic (exact) mass is 296 g/mol. The van der Waals surface area contributed by atoms with Crippen molar-refractivity contribution in [3.63, 3.8) is 0 Å². The quantitative estimate of drug-likeness (QED) is 0.804.